The molecule has 1 aliphatic heterocycles. The number of carbonyl (C=O) groups is 1. The number of piperidine rings is 1. The van der Waals surface area contributed by atoms with Crippen molar-refractivity contribution in [1.29, 1.82) is 0 Å². The minimum absolute atomic E-state index is 0.0373. The maximum atomic E-state index is 12.8. The van der Waals surface area contributed by atoms with Gasteiger partial charge < -0.3 is 14.2 Å². The van der Waals surface area contributed by atoms with Gasteiger partial charge in [-0.1, -0.05) is 9.64 Å². The molecule has 0 N–H and O–H groups in total. The zero-order valence-corrected chi connectivity index (χ0v) is 18.1. The van der Waals surface area contributed by atoms with Crippen molar-refractivity contribution < 1.29 is 22.5 Å². The highest BCUT2D eigenvalue weighted by molar-refractivity contribution is 7.92. The highest BCUT2D eigenvalue weighted by Crippen LogP contribution is 2.33. The molecule has 1 fully saturated rings. The molecule has 158 valence electrons. The van der Waals surface area contributed by atoms with Crippen molar-refractivity contribution in [3.63, 3.8) is 0 Å². The lowest BCUT2D eigenvalue weighted by atomic mass is 9.94. The first-order valence-corrected chi connectivity index (χ1v) is 12.0. The van der Waals surface area contributed by atoms with Crippen LogP contribution < -0.4 is 4.74 Å². The Bertz CT molecular complexity index is 1150. The van der Waals surface area contributed by atoms with E-state index >= 15 is 0 Å². The Kier molecular flexibility index (Phi) is 5.56. The van der Waals surface area contributed by atoms with Gasteiger partial charge in [0.05, 0.1) is 12.8 Å². The number of nitrogens with zero attached hydrogens (tertiary/aromatic N) is 4. The molecule has 0 bridgehead atoms. The first kappa shape index (κ1) is 20.5. The van der Waals surface area contributed by atoms with E-state index in [1.165, 1.54) is 0 Å². The summed E-state index contributed by atoms with van der Waals surface area (Å²) in [5.74, 6) is 0.982. The third-order valence-electron chi connectivity index (χ3n) is 5.09. The number of hydrogen-bond acceptors (Lipinski definition) is 9. The smallest absolute Gasteiger partial charge is 0.276 e. The summed E-state index contributed by atoms with van der Waals surface area (Å²) in [6, 6.07) is 8.91. The molecular weight excluding hydrogens is 428 g/mol. The zero-order valence-electron chi connectivity index (χ0n) is 16.4. The minimum atomic E-state index is -3.36. The van der Waals surface area contributed by atoms with Gasteiger partial charge >= 0.3 is 0 Å². The number of carbonyl (C=O) groups excluding carboxylic acids is 1. The molecule has 1 aliphatic rings. The maximum Gasteiger partial charge on any atom is 0.276 e. The Morgan fingerprint density at radius 1 is 1.23 bits per heavy atom. The van der Waals surface area contributed by atoms with E-state index in [2.05, 4.69) is 14.7 Å². The van der Waals surface area contributed by atoms with Crippen molar-refractivity contribution in [1.82, 2.24) is 19.6 Å². The lowest BCUT2D eigenvalue weighted by Gasteiger charge is -2.30. The highest BCUT2D eigenvalue weighted by atomic mass is 32.2. The van der Waals surface area contributed by atoms with E-state index in [4.69, 9.17) is 9.26 Å². The molecule has 30 heavy (non-hydrogen) atoms. The van der Waals surface area contributed by atoms with Crippen LogP contribution in [0.4, 0.5) is 0 Å². The normalized spacial score (nSPS) is 15.3. The highest BCUT2D eigenvalue weighted by Gasteiger charge is 2.31. The van der Waals surface area contributed by atoms with Crippen LogP contribution in [-0.2, 0) is 9.84 Å². The van der Waals surface area contributed by atoms with Gasteiger partial charge in [0.25, 0.3) is 5.91 Å². The average molecular weight is 449 g/mol. The molecule has 1 aromatic carbocycles. The van der Waals surface area contributed by atoms with E-state index in [9.17, 15) is 13.2 Å². The number of hydrogen-bond donors (Lipinski definition) is 0. The van der Waals surface area contributed by atoms with Gasteiger partial charge in [0.15, 0.2) is 25.5 Å². The summed E-state index contributed by atoms with van der Waals surface area (Å²) in [4.78, 5) is 14.5. The van der Waals surface area contributed by atoms with Crippen LogP contribution in [0.5, 0.6) is 5.75 Å². The zero-order chi connectivity index (χ0) is 21.3. The first-order chi connectivity index (χ1) is 14.4. The van der Waals surface area contributed by atoms with Crippen LogP contribution in [0.15, 0.2) is 39.1 Å². The molecule has 3 aromatic rings. The van der Waals surface area contributed by atoms with Crippen LogP contribution in [0.25, 0.3) is 11.3 Å². The molecule has 9 nitrogen and oxygen atoms in total. The summed E-state index contributed by atoms with van der Waals surface area (Å²) in [5, 5.41) is 7.96. The van der Waals surface area contributed by atoms with Crippen LogP contribution >= 0.6 is 11.5 Å². The molecule has 0 aliphatic carbocycles. The van der Waals surface area contributed by atoms with Gasteiger partial charge in [-0.05, 0) is 37.1 Å². The lowest BCUT2D eigenvalue weighted by molar-refractivity contribution is 0.0701. The number of rotatable bonds is 5. The van der Waals surface area contributed by atoms with E-state index < -0.39 is 9.84 Å². The average Bonchev–Trinajstić information content (AvgIpc) is 3.43. The molecule has 4 rings (SSSR count). The molecule has 2 aromatic heterocycles. The Labute approximate surface area is 177 Å². The van der Waals surface area contributed by atoms with Gasteiger partial charge in [-0.15, -0.1) is 5.10 Å². The summed E-state index contributed by atoms with van der Waals surface area (Å²) in [6.45, 7) is 0.962. The molecule has 3 heterocycles. The summed E-state index contributed by atoms with van der Waals surface area (Å²) in [5.41, 5.74) is 1.55. The predicted molar refractivity (Wildman–Crippen MR) is 109 cm³/mol. The van der Waals surface area contributed by atoms with E-state index in [0.717, 1.165) is 29.1 Å². The molecule has 1 amide bonds. The van der Waals surface area contributed by atoms with Crippen LogP contribution in [0.3, 0.4) is 0 Å². The summed E-state index contributed by atoms with van der Waals surface area (Å²) in [6.07, 6.45) is 2.39. The summed E-state index contributed by atoms with van der Waals surface area (Å²) < 4.78 is 38.3. The van der Waals surface area contributed by atoms with E-state index in [1.54, 1.807) is 18.1 Å². The maximum absolute atomic E-state index is 12.8. The number of amides is 1. The molecule has 0 spiro atoms. The van der Waals surface area contributed by atoms with Gasteiger partial charge in [0.1, 0.15) is 5.75 Å². The second-order valence-corrected chi connectivity index (χ2v) is 10.1. The largest absolute Gasteiger partial charge is 0.497 e. The number of aromatic nitrogens is 3. The second kappa shape index (κ2) is 8.15. The Hall–Kier alpha value is -2.79. The van der Waals surface area contributed by atoms with Gasteiger partial charge in [-0.25, -0.2) is 8.42 Å². The minimum Gasteiger partial charge on any atom is -0.497 e. The molecule has 11 heteroatoms. The van der Waals surface area contributed by atoms with Gasteiger partial charge in [-0.3, -0.25) is 4.79 Å². The number of likely N-dealkylation sites (tertiary alicyclic amines) is 1. The number of ether oxygens (including phenoxy) is 1. The van der Waals surface area contributed by atoms with Crippen molar-refractivity contribution in [2.45, 2.75) is 23.0 Å². The van der Waals surface area contributed by atoms with Crippen molar-refractivity contribution in [2.24, 2.45) is 0 Å². The monoisotopic (exact) mass is 448 g/mol. The van der Waals surface area contributed by atoms with Crippen molar-refractivity contribution >= 4 is 27.3 Å². The summed E-state index contributed by atoms with van der Waals surface area (Å²) in [7, 11) is -1.76. The number of sulfone groups is 1. The van der Waals surface area contributed by atoms with E-state index in [0.29, 0.717) is 37.4 Å². The van der Waals surface area contributed by atoms with Crippen molar-refractivity contribution in [3.8, 4) is 17.1 Å². The van der Waals surface area contributed by atoms with Crippen LogP contribution in [0.2, 0.25) is 0 Å². The fourth-order valence-corrected chi connectivity index (χ4v) is 5.21. The number of methoxy groups -OCH3 is 1. The molecule has 0 unspecified atom stereocenters. The van der Waals surface area contributed by atoms with E-state index in [1.807, 2.05) is 24.3 Å². The quantitative estimate of drug-likeness (QED) is 0.585. The van der Waals surface area contributed by atoms with Gasteiger partial charge in [0.2, 0.25) is 0 Å². The molecule has 0 radical (unpaired) electrons. The standard InChI is InChI=1S/C19H20N4O5S2/c1-27-14-5-3-12(4-6-14)16-11-15(21-28-16)18(24)23-9-7-13(8-10-23)17-19(29-22-20-17)30(2,25)26/h3-6,11,13H,7-10H2,1-2H3. The fourth-order valence-electron chi connectivity index (χ4n) is 3.48. The van der Waals surface area contributed by atoms with Crippen LogP contribution in [-0.4, -0.2) is 60.4 Å². The molecule has 1 saturated heterocycles. The Balaban J connectivity index is 1.43. The third kappa shape index (κ3) is 4.08. The number of benzene rings is 1. The second-order valence-electron chi connectivity index (χ2n) is 7.09. The SMILES string of the molecule is COc1ccc(-c2cc(C(=O)N3CCC(c4nnsc4S(C)(=O)=O)CC3)no2)cc1. The Morgan fingerprint density at radius 2 is 1.93 bits per heavy atom. The van der Waals surface area contributed by atoms with Gasteiger partial charge in [-0.2, -0.15) is 0 Å². The first-order valence-electron chi connectivity index (χ1n) is 9.29. The topological polar surface area (TPSA) is 115 Å². The third-order valence-corrected chi connectivity index (χ3v) is 7.64. The van der Waals surface area contributed by atoms with Crippen molar-refractivity contribution in [2.75, 3.05) is 26.5 Å². The molecular formula is C19H20N4O5S2. The van der Waals surface area contributed by atoms with Crippen LogP contribution in [0.1, 0.15) is 34.9 Å². The van der Waals surface area contributed by atoms with Crippen molar-refractivity contribution in [3.05, 3.63) is 41.7 Å². The van der Waals surface area contributed by atoms with Crippen LogP contribution in [0, 0.1) is 0 Å². The fraction of sp³-hybridized carbons (Fsp3) is 0.368. The van der Waals surface area contributed by atoms with Gasteiger partial charge in [0, 0.05) is 48.4 Å². The summed E-state index contributed by atoms with van der Waals surface area (Å²) >= 11 is 0.897. The Morgan fingerprint density at radius 3 is 2.57 bits per heavy atom. The lowest BCUT2D eigenvalue weighted by Crippen LogP contribution is -2.38. The van der Waals surface area contributed by atoms with E-state index in [-0.39, 0.29) is 21.7 Å². The predicted octanol–water partition coefficient (Wildman–Crippen LogP) is 2.63. The molecule has 0 saturated carbocycles. The molecule has 0 atom stereocenters.